The van der Waals surface area contributed by atoms with Crippen molar-refractivity contribution < 1.29 is 4.79 Å². The Balaban J connectivity index is 1.62. The molecule has 2 aromatic carbocycles. The zero-order valence-corrected chi connectivity index (χ0v) is 13.1. The standard InChI is InChI=1S/C19H17NOS/c21-19(17-12-22-18-8-4-3-7-16(17)18)20-15-10-9-13-5-1-2-6-14(13)11-15/h1-2,5-6,9-12H,3-4,7-8H2,(H,20,21). The normalized spacial score (nSPS) is 13.8. The van der Waals surface area contributed by atoms with Crippen molar-refractivity contribution in [1.82, 2.24) is 0 Å². The van der Waals surface area contributed by atoms with Gasteiger partial charge in [-0.15, -0.1) is 11.3 Å². The molecule has 0 aliphatic heterocycles. The van der Waals surface area contributed by atoms with Crippen LogP contribution >= 0.6 is 11.3 Å². The molecule has 0 radical (unpaired) electrons. The molecule has 0 saturated carbocycles. The highest BCUT2D eigenvalue weighted by molar-refractivity contribution is 7.10. The van der Waals surface area contributed by atoms with Gasteiger partial charge >= 0.3 is 0 Å². The predicted octanol–water partition coefficient (Wildman–Crippen LogP) is 5.03. The summed E-state index contributed by atoms with van der Waals surface area (Å²) < 4.78 is 0. The maximum Gasteiger partial charge on any atom is 0.256 e. The maximum atomic E-state index is 12.6. The van der Waals surface area contributed by atoms with E-state index in [-0.39, 0.29) is 5.91 Å². The second kappa shape index (κ2) is 5.58. The molecule has 110 valence electrons. The number of anilines is 1. The molecule has 0 atom stereocenters. The summed E-state index contributed by atoms with van der Waals surface area (Å²) in [7, 11) is 0. The molecule has 3 aromatic rings. The fourth-order valence-electron chi connectivity index (χ4n) is 3.15. The molecule has 1 aliphatic carbocycles. The fraction of sp³-hybridized carbons (Fsp3) is 0.211. The van der Waals surface area contributed by atoms with Gasteiger partial charge in [0.1, 0.15) is 0 Å². The number of carbonyl (C=O) groups is 1. The zero-order chi connectivity index (χ0) is 14.9. The number of aryl methyl sites for hydroxylation is 1. The number of carbonyl (C=O) groups excluding carboxylic acids is 1. The maximum absolute atomic E-state index is 12.6. The minimum atomic E-state index is 0.0229. The largest absolute Gasteiger partial charge is 0.322 e. The number of hydrogen-bond acceptors (Lipinski definition) is 2. The number of rotatable bonds is 2. The van der Waals surface area contributed by atoms with Gasteiger partial charge in [0.25, 0.3) is 5.91 Å². The number of hydrogen-bond donors (Lipinski definition) is 1. The van der Waals surface area contributed by atoms with Crippen molar-refractivity contribution >= 4 is 33.7 Å². The third kappa shape index (κ3) is 2.42. The summed E-state index contributed by atoms with van der Waals surface area (Å²) in [4.78, 5) is 14.0. The SMILES string of the molecule is O=C(Nc1ccc2ccccc2c1)c1csc2c1CCCC2. The first kappa shape index (κ1) is 13.5. The first-order chi connectivity index (χ1) is 10.8. The summed E-state index contributed by atoms with van der Waals surface area (Å²) in [5, 5.41) is 7.41. The highest BCUT2D eigenvalue weighted by Crippen LogP contribution is 2.30. The Morgan fingerprint density at radius 1 is 1.00 bits per heavy atom. The van der Waals surface area contributed by atoms with Gasteiger partial charge in [0.15, 0.2) is 0 Å². The number of thiophene rings is 1. The monoisotopic (exact) mass is 307 g/mol. The zero-order valence-electron chi connectivity index (χ0n) is 12.3. The average Bonchev–Trinajstić information content (AvgIpc) is 2.99. The molecule has 0 unspecified atom stereocenters. The summed E-state index contributed by atoms with van der Waals surface area (Å²) >= 11 is 1.73. The van der Waals surface area contributed by atoms with Crippen molar-refractivity contribution in [3.05, 3.63) is 63.8 Å². The lowest BCUT2D eigenvalue weighted by Crippen LogP contribution is -2.14. The highest BCUT2D eigenvalue weighted by atomic mass is 32.1. The molecule has 1 N–H and O–H groups in total. The van der Waals surface area contributed by atoms with Crippen molar-refractivity contribution in [1.29, 1.82) is 0 Å². The van der Waals surface area contributed by atoms with Gasteiger partial charge in [0, 0.05) is 15.9 Å². The number of nitrogens with one attached hydrogen (secondary N) is 1. The van der Waals surface area contributed by atoms with E-state index in [0.717, 1.165) is 29.5 Å². The van der Waals surface area contributed by atoms with E-state index in [1.807, 2.05) is 35.7 Å². The number of amides is 1. The van der Waals surface area contributed by atoms with Crippen LogP contribution in [-0.2, 0) is 12.8 Å². The summed E-state index contributed by atoms with van der Waals surface area (Å²) in [6, 6.07) is 14.2. The fourth-order valence-corrected chi connectivity index (χ4v) is 4.28. The molecule has 0 fully saturated rings. The van der Waals surface area contributed by atoms with Crippen molar-refractivity contribution in [2.45, 2.75) is 25.7 Å². The van der Waals surface area contributed by atoms with Gasteiger partial charge in [-0.1, -0.05) is 30.3 Å². The highest BCUT2D eigenvalue weighted by Gasteiger charge is 2.20. The summed E-state index contributed by atoms with van der Waals surface area (Å²) in [6.07, 6.45) is 4.61. The van der Waals surface area contributed by atoms with Gasteiger partial charge in [0.05, 0.1) is 5.56 Å². The van der Waals surface area contributed by atoms with Crippen LogP contribution in [0.1, 0.15) is 33.6 Å². The first-order valence-corrected chi connectivity index (χ1v) is 8.58. The van der Waals surface area contributed by atoms with E-state index in [1.54, 1.807) is 11.3 Å². The lowest BCUT2D eigenvalue weighted by molar-refractivity contribution is 0.102. The van der Waals surface area contributed by atoms with Crippen LogP contribution in [-0.4, -0.2) is 5.91 Å². The van der Waals surface area contributed by atoms with Gasteiger partial charge < -0.3 is 5.32 Å². The molecule has 1 amide bonds. The smallest absolute Gasteiger partial charge is 0.256 e. The Kier molecular flexibility index (Phi) is 3.43. The molecule has 22 heavy (non-hydrogen) atoms. The topological polar surface area (TPSA) is 29.1 Å². The molecule has 1 heterocycles. The first-order valence-electron chi connectivity index (χ1n) is 7.71. The number of benzene rings is 2. The van der Waals surface area contributed by atoms with Crippen LogP contribution in [0.25, 0.3) is 10.8 Å². The van der Waals surface area contributed by atoms with E-state index in [4.69, 9.17) is 0 Å². The minimum Gasteiger partial charge on any atom is -0.322 e. The lowest BCUT2D eigenvalue weighted by atomic mass is 9.95. The third-order valence-corrected chi connectivity index (χ3v) is 5.40. The second-order valence-electron chi connectivity index (χ2n) is 5.77. The Morgan fingerprint density at radius 2 is 1.82 bits per heavy atom. The van der Waals surface area contributed by atoms with Gasteiger partial charge in [-0.25, -0.2) is 0 Å². The van der Waals surface area contributed by atoms with Crippen LogP contribution in [0.5, 0.6) is 0 Å². The molecular weight excluding hydrogens is 290 g/mol. The van der Waals surface area contributed by atoms with E-state index in [2.05, 4.69) is 17.4 Å². The summed E-state index contributed by atoms with van der Waals surface area (Å²) in [5.41, 5.74) is 3.00. The Hall–Kier alpha value is -2.13. The van der Waals surface area contributed by atoms with E-state index >= 15 is 0 Å². The van der Waals surface area contributed by atoms with Crippen LogP contribution < -0.4 is 5.32 Å². The van der Waals surface area contributed by atoms with Gasteiger partial charge in [0.2, 0.25) is 0 Å². The van der Waals surface area contributed by atoms with Crippen LogP contribution in [0.3, 0.4) is 0 Å². The predicted molar refractivity (Wildman–Crippen MR) is 92.9 cm³/mol. The molecule has 2 nitrogen and oxygen atoms in total. The van der Waals surface area contributed by atoms with Crippen LogP contribution in [0.4, 0.5) is 5.69 Å². The van der Waals surface area contributed by atoms with Crippen molar-refractivity contribution in [3.63, 3.8) is 0 Å². The lowest BCUT2D eigenvalue weighted by Gasteiger charge is -2.13. The quantitative estimate of drug-likeness (QED) is 0.706. The average molecular weight is 307 g/mol. The van der Waals surface area contributed by atoms with Crippen LogP contribution in [0.2, 0.25) is 0 Å². The minimum absolute atomic E-state index is 0.0229. The van der Waals surface area contributed by atoms with E-state index in [0.29, 0.717) is 0 Å². The molecule has 3 heteroatoms. The number of fused-ring (bicyclic) bond motifs is 2. The molecule has 0 spiro atoms. The van der Waals surface area contributed by atoms with Crippen molar-refractivity contribution in [3.8, 4) is 0 Å². The summed E-state index contributed by atoms with van der Waals surface area (Å²) in [5.74, 6) is 0.0229. The van der Waals surface area contributed by atoms with Crippen molar-refractivity contribution in [2.24, 2.45) is 0 Å². The molecule has 0 bridgehead atoms. The molecule has 0 saturated heterocycles. The Morgan fingerprint density at radius 3 is 2.73 bits per heavy atom. The molecule has 1 aliphatic rings. The van der Waals surface area contributed by atoms with Crippen LogP contribution in [0.15, 0.2) is 47.8 Å². The van der Waals surface area contributed by atoms with Crippen molar-refractivity contribution in [2.75, 3.05) is 5.32 Å². The Bertz CT molecular complexity index is 850. The van der Waals surface area contributed by atoms with Crippen LogP contribution in [0, 0.1) is 0 Å². The van der Waals surface area contributed by atoms with E-state index in [1.165, 1.54) is 28.7 Å². The van der Waals surface area contributed by atoms with Gasteiger partial charge in [-0.2, -0.15) is 0 Å². The molecule has 1 aromatic heterocycles. The van der Waals surface area contributed by atoms with Gasteiger partial charge in [-0.05, 0) is 54.2 Å². The Labute approximate surface area is 133 Å². The van der Waals surface area contributed by atoms with E-state index < -0.39 is 0 Å². The molecular formula is C19H17NOS. The summed E-state index contributed by atoms with van der Waals surface area (Å²) in [6.45, 7) is 0. The van der Waals surface area contributed by atoms with Gasteiger partial charge in [-0.3, -0.25) is 4.79 Å². The van der Waals surface area contributed by atoms with E-state index in [9.17, 15) is 4.79 Å². The third-order valence-electron chi connectivity index (χ3n) is 4.31. The second-order valence-corrected chi connectivity index (χ2v) is 6.74. The molecule has 4 rings (SSSR count).